The first-order chi connectivity index (χ1) is 8.67. The Bertz CT molecular complexity index is 717. The Labute approximate surface area is 121 Å². The van der Waals surface area contributed by atoms with Crippen LogP contribution in [0.15, 0.2) is 22.0 Å². The monoisotopic (exact) mass is 339 g/mol. The molecule has 3 heterocycles. The number of halogens is 1. The van der Waals surface area contributed by atoms with Gasteiger partial charge in [-0.15, -0.1) is 22.7 Å². The van der Waals surface area contributed by atoms with Crippen LogP contribution in [-0.4, -0.2) is 9.97 Å². The molecule has 0 atom stereocenters. The molecule has 0 saturated heterocycles. The van der Waals surface area contributed by atoms with E-state index >= 15 is 0 Å². The van der Waals surface area contributed by atoms with E-state index in [0.717, 1.165) is 25.3 Å². The summed E-state index contributed by atoms with van der Waals surface area (Å²) < 4.78 is 1.07. The minimum Gasteiger partial charge on any atom is -0.383 e. The summed E-state index contributed by atoms with van der Waals surface area (Å²) in [5, 5.41) is 0.969. The zero-order valence-electron chi connectivity index (χ0n) is 9.61. The van der Waals surface area contributed by atoms with Gasteiger partial charge in [0.15, 0.2) is 5.82 Å². The van der Waals surface area contributed by atoms with Crippen LogP contribution in [0.25, 0.3) is 20.9 Å². The molecule has 92 valence electrons. The molecule has 3 nitrogen and oxygen atoms in total. The minimum absolute atomic E-state index is 0.565. The van der Waals surface area contributed by atoms with Crippen molar-refractivity contribution in [3.63, 3.8) is 0 Å². The van der Waals surface area contributed by atoms with E-state index in [2.05, 4.69) is 38.9 Å². The smallest absolute Gasteiger partial charge is 0.173 e. The van der Waals surface area contributed by atoms with Crippen LogP contribution in [-0.2, 0) is 6.42 Å². The van der Waals surface area contributed by atoms with Crippen molar-refractivity contribution >= 4 is 54.6 Å². The number of nitrogens with zero attached hydrogens (tertiary/aromatic N) is 2. The van der Waals surface area contributed by atoms with Crippen LogP contribution in [0.1, 0.15) is 11.8 Å². The molecule has 0 unspecified atom stereocenters. The fourth-order valence-electron chi connectivity index (χ4n) is 1.71. The summed E-state index contributed by atoms with van der Waals surface area (Å²) in [6.45, 7) is 2.13. The fraction of sp³-hybridized carbons (Fsp3) is 0.167. The summed E-state index contributed by atoms with van der Waals surface area (Å²) in [5.41, 5.74) is 6.02. The average molecular weight is 340 g/mol. The minimum atomic E-state index is 0.565. The van der Waals surface area contributed by atoms with Gasteiger partial charge in [-0.3, -0.25) is 0 Å². The van der Waals surface area contributed by atoms with Gasteiger partial charge in [-0.1, -0.05) is 6.92 Å². The molecule has 0 aliphatic rings. The topological polar surface area (TPSA) is 51.8 Å². The number of fused-ring (bicyclic) bond motifs is 1. The Kier molecular flexibility index (Phi) is 3.09. The predicted molar refractivity (Wildman–Crippen MR) is 82.2 cm³/mol. The van der Waals surface area contributed by atoms with Gasteiger partial charge in [-0.05, 0) is 40.5 Å². The van der Waals surface area contributed by atoms with Crippen molar-refractivity contribution in [2.75, 3.05) is 5.73 Å². The third-order valence-corrected chi connectivity index (χ3v) is 5.41. The average Bonchev–Trinajstić information content (AvgIpc) is 2.94. The molecule has 3 rings (SSSR count). The van der Waals surface area contributed by atoms with Gasteiger partial charge in [0.2, 0.25) is 0 Å². The lowest BCUT2D eigenvalue weighted by atomic mass is 10.3. The highest BCUT2D eigenvalue weighted by Crippen LogP contribution is 2.33. The Morgan fingerprint density at radius 3 is 2.78 bits per heavy atom. The Morgan fingerprint density at radius 2 is 2.11 bits per heavy atom. The van der Waals surface area contributed by atoms with Gasteiger partial charge in [-0.2, -0.15) is 0 Å². The largest absolute Gasteiger partial charge is 0.383 e. The van der Waals surface area contributed by atoms with Crippen molar-refractivity contribution in [2.45, 2.75) is 13.3 Å². The molecule has 0 aliphatic heterocycles. The first-order valence-electron chi connectivity index (χ1n) is 5.49. The highest BCUT2D eigenvalue weighted by Gasteiger charge is 2.11. The second kappa shape index (κ2) is 4.60. The van der Waals surface area contributed by atoms with Crippen LogP contribution < -0.4 is 5.73 Å². The maximum absolute atomic E-state index is 6.02. The van der Waals surface area contributed by atoms with E-state index in [1.54, 1.807) is 22.7 Å². The molecule has 18 heavy (non-hydrogen) atoms. The Hall–Kier alpha value is -0.980. The molecule has 0 aliphatic carbocycles. The van der Waals surface area contributed by atoms with Crippen molar-refractivity contribution < 1.29 is 0 Å². The van der Waals surface area contributed by atoms with Crippen LogP contribution in [0.3, 0.4) is 0 Å². The third kappa shape index (κ3) is 2.04. The summed E-state index contributed by atoms with van der Waals surface area (Å²) in [7, 11) is 0. The van der Waals surface area contributed by atoms with Gasteiger partial charge in [0.25, 0.3) is 0 Å². The van der Waals surface area contributed by atoms with E-state index in [4.69, 9.17) is 5.73 Å². The number of nitrogen functional groups attached to an aromatic ring is 1. The molecule has 6 heteroatoms. The summed E-state index contributed by atoms with van der Waals surface area (Å²) in [6.07, 6.45) is 1.00. The van der Waals surface area contributed by atoms with Gasteiger partial charge in [0.05, 0.1) is 14.0 Å². The lowest BCUT2D eigenvalue weighted by molar-refractivity contribution is 1.19. The van der Waals surface area contributed by atoms with Gasteiger partial charge < -0.3 is 5.73 Å². The maximum atomic E-state index is 6.02. The van der Waals surface area contributed by atoms with Crippen molar-refractivity contribution in [1.29, 1.82) is 0 Å². The third-order valence-electron chi connectivity index (χ3n) is 2.62. The summed E-state index contributed by atoms with van der Waals surface area (Å²) in [6, 6.07) is 6.09. The van der Waals surface area contributed by atoms with Gasteiger partial charge in [0.1, 0.15) is 10.6 Å². The first kappa shape index (κ1) is 12.1. The molecule has 3 aromatic heterocycles. The lowest BCUT2D eigenvalue weighted by Crippen LogP contribution is -1.94. The highest BCUT2D eigenvalue weighted by atomic mass is 79.9. The SMILES string of the molecule is CCc1cc2c(N)nc(-c3ccc(Br)s3)nc2s1. The molecule has 0 bridgehead atoms. The fourth-order valence-corrected chi connectivity index (χ4v) is 4.01. The van der Waals surface area contributed by atoms with Crippen LogP contribution in [0.2, 0.25) is 0 Å². The van der Waals surface area contributed by atoms with E-state index < -0.39 is 0 Å². The number of nitrogens with two attached hydrogens (primary N) is 1. The van der Waals surface area contributed by atoms with E-state index in [-0.39, 0.29) is 0 Å². The second-order valence-electron chi connectivity index (χ2n) is 3.82. The number of rotatable bonds is 2. The molecule has 0 aromatic carbocycles. The normalized spacial score (nSPS) is 11.2. The molecule has 0 fully saturated rings. The number of aryl methyl sites for hydroxylation is 1. The molecular weight excluding hydrogens is 330 g/mol. The standard InChI is InChI=1S/C12H10BrN3S2/c1-2-6-5-7-10(14)15-11(16-12(7)17-6)8-3-4-9(13)18-8/h3-5H,2H2,1H3,(H2,14,15,16). The zero-order valence-corrected chi connectivity index (χ0v) is 12.8. The number of hydrogen-bond acceptors (Lipinski definition) is 5. The number of thiophene rings is 2. The molecule has 0 spiro atoms. The van der Waals surface area contributed by atoms with Crippen LogP contribution >= 0.6 is 38.6 Å². The van der Waals surface area contributed by atoms with Crippen molar-refractivity contribution in [2.24, 2.45) is 0 Å². The zero-order chi connectivity index (χ0) is 12.7. The molecule has 2 N–H and O–H groups in total. The van der Waals surface area contributed by atoms with E-state index in [1.807, 2.05) is 12.1 Å². The molecular formula is C12H10BrN3S2. The van der Waals surface area contributed by atoms with Crippen molar-refractivity contribution in [3.8, 4) is 10.7 Å². The van der Waals surface area contributed by atoms with Crippen LogP contribution in [0.5, 0.6) is 0 Å². The maximum Gasteiger partial charge on any atom is 0.173 e. The van der Waals surface area contributed by atoms with Crippen molar-refractivity contribution in [1.82, 2.24) is 9.97 Å². The molecule has 0 radical (unpaired) electrons. The highest BCUT2D eigenvalue weighted by molar-refractivity contribution is 9.11. The second-order valence-corrected chi connectivity index (χ2v) is 7.40. The van der Waals surface area contributed by atoms with Crippen LogP contribution in [0.4, 0.5) is 5.82 Å². The Balaban J connectivity index is 2.20. The first-order valence-corrected chi connectivity index (χ1v) is 7.91. The van der Waals surface area contributed by atoms with Gasteiger partial charge in [0, 0.05) is 4.88 Å². The lowest BCUT2D eigenvalue weighted by Gasteiger charge is -1.99. The van der Waals surface area contributed by atoms with Crippen molar-refractivity contribution in [3.05, 3.63) is 26.9 Å². The van der Waals surface area contributed by atoms with Gasteiger partial charge >= 0.3 is 0 Å². The van der Waals surface area contributed by atoms with E-state index in [1.165, 1.54) is 4.88 Å². The number of aromatic nitrogens is 2. The Morgan fingerprint density at radius 1 is 1.28 bits per heavy atom. The molecule has 3 aromatic rings. The van der Waals surface area contributed by atoms with Gasteiger partial charge in [-0.25, -0.2) is 9.97 Å². The number of anilines is 1. The van der Waals surface area contributed by atoms with E-state index in [9.17, 15) is 0 Å². The number of hydrogen-bond donors (Lipinski definition) is 1. The molecule has 0 amide bonds. The van der Waals surface area contributed by atoms with E-state index in [0.29, 0.717) is 11.6 Å². The quantitative estimate of drug-likeness (QED) is 0.756. The molecule has 0 saturated carbocycles. The summed E-state index contributed by atoms with van der Waals surface area (Å²) >= 11 is 6.75. The predicted octanol–water partition coefficient (Wildman–Crippen LogP) is 4.33. The summed E-state index contributed by atoms with van der Waals surface area (Å²) in [4.78, 5) is 12.3. The van der Waals surface area contributed by atoms with Crippen LogP contribution in [0, 0.1) is 0 Å². The summed E-state index contributed by atoms with van der Waals surface area (Å²) in [5.74, 6) is 1.27.